The largest absolute Gasteiger partial charge is 0.489 e. The van der Waals surface area contributed by atoms with Gasteiger partial charge in [-0.15, -0.1) is 0 Å². The number of carbonyl (C=O) groups is 1. The van der Waals surface area contributed by atoms with E-state index in [1.54, 1.807) is 6.92 Å². The van der Waals surface area contributed by atoms with Gasteiger partial charge < -0.3 is 15.4 Å². The number of nitrogens with zero attached hydrogens (tertiary/aromatic N) is 1. The van der Waals surface area contributed by atoms with Crippen molar-refractivity contribution in [1.29, 1.82) is 0 Å². The maximum absolute atomic E-state index is 11.4. The Labute approximate surface area is 127 Å². The van der Waals surface area contributed by atoms with E-state index in [0.717, 1.165) is 31.7 Å². The molecule has 0 aromatic heterocycles. The molecule has 0 atom stereocenters. The lowest BCUT2D eigenvalue weighted by Crippen LogP contribution is -2.36. The number of carbonyl (C=O) groups excluding carboxylic acids is 1. The van der Waals surface area contributed by atoms with Crippen molar-refractivity contribution < 1.29 is 9.53 Å². The van der Waals surface area contributed by atoms with E-state index in [0.29, 0.717) is 11.6 Å². The average molecular weight is 290 g/mol. The molecule has 2 rings (SSSR count). The highest BCUT2D eigenvalue weighted by Crippen LogP contribution is 2.35. The van der Waals surface area contributed by atoms with Gasteiger partial charge in [0.25, 0.3) is 0 Å². The molecule has 1 fully saturated rings. The van der Waals surface area contributed by atoms with Crippen molar-refractivity contribution in [2.75, 3.05) is 18.8 Å². The quantitative estimate of drug-likeness (QED) is 0.870. The van der Waals surface area contributed by atoms with Gasteiger partial charge in [-0.25, -0.2) is 0 Å². The van der Waals surface area contributed by atoms with E-state index < -0.39 is 0 Å². The Kier molecular flexibility index (Phi) is 4.76. The summed E-state index contributed by atoms with van der Waals surface area (Å²) in [4.78, 5) is 13.3. The van der Waals surface area contributed by atoms with Crippen LogP contribution in [-0.4, -0.2) is 30.0 Å². The molecule has 1 aliphatic rings. The fraction of sp³-hybridized carbons (Fsp3) is 0.588. The van der Waals surface area contributed by atoms with Crippen LogP contribution in [-0.2, 0) is 4.79 Å². The number of benzene rings is 1. The molecule has 116 valence electrons. The van der Waals surface area contributed by atoms with Crippen LogP contribution in [0.4, 0.5) is 5.69 Å². The van der Waals surface area contributed by atoms with E-state index in [1.165, 1.54) is 11.1 Å². The molecule has 0 bridgehead atoms. The summed E-state index contributed by atoms with van der Waals surface area (Å²) in [6.07, 6.45) is 2.12. The minimum absolute atomic E-state index is 0.113. The first-order chi connectivity index (χ1) is 9.88. The Balaban J connectivity index is 2.18. The zero-order valence-corrected chi connectivity index (χ0v) is 13.5. The number of nitrogens with two attached hydrogens (primary N) is 1. The fourth-order valence-corrected chi connectivity index (χ4v) is 3.03. The van der Waals surface area contributed by atoms with Gasteiger partial charge in [0.1, 0.15) is 5.75 Å². The van der Waals surface area contributed by atoms with Gasteiger partial charge in [-0.1, -0.05) is 0 Å². The van der Waals surface area contributed by atoms with Crippen LogP contribution < -0.4 is 10.5 Å². The van der Waals surface area contributed by atoms with Crippen molar-refractivity contribution in [3.05, 3.63) is 23.3 Å². The normalized spacial score (nSPS) is 16.3. The second-order valence-corrected chi connectivity index (χ2v) is 6.19. The first-order valence-corrected chi connectivity index (χ1v) is 7.70. The molecule has 2 N–H and O–H groups in total. The van der Waals surface area contributed by atoms with Crippen LogP contribution >= 0.6 is 0 Å². The fourth-order valence-electron chi connectivity index (χ4n) is 3.03. The van der Waals surface area contributed by atoms with Crippen LogP contribution in [0.5, 0.6) is 5.75 Å². The SMILES string of the molecule is CC(=O)N1CCC(c2cc(OC(C)C)c(N)cc2C)CC1. The molecule has 1 heterocycles. The van der Waals surface area contributed by atoms with Crippen LogP contribution in [0.25, 0.3) is 0 Å². The third-order valence-electron chi connectivity index (χ3n) is 4.14. The lowest BCUT2D eigenvalue weighted by molar-refractivity contribution is -0.129. The van der Waals surface area contributed by atoms with E-state index in [4.69, 9.17) is 10.5 Å². The third kappa shape index (κ3) is 3.69. The van der Waals surface area contributed by atoms with Crippen molar-refractivity contribution in [2.45, 2.75) is 52.6 Å². The van der Waals surface area contributed by atoms with Gasteiger partial charge in [0.15, 0.2) is 0 Å². The minimum atomic E-state index is 0.113. The van der Waals surface area contributed by atoms with E-state index >= 15 is 0 Å². The Hall–Kier alpha value is -1.71. The summed E-state index contributed by atoms with van der Waals surface area (Å²) in [5.41, 5.74) is 9.27. The van der Waals surface area contributed by atoms with E-state index in [9.17, 15) is 4.79 Å². The number of piperidine rings is 1. The molecule has 1 aliphatic heterocycles. The zero-order chi connectivity index (χ0) is 15.6. The highest BCUT2D eigenvalue weighted by atomic mass is 16.5. The molecular formula is C17H26N2O2. The van der Waals surface area contributed by atoms with Gasteiger partial charge in [-0.3, -0.25) is 4.79 Å². The molecule has 0 saturated carbocycles. The predicted molar refractivity (Wildman–Crippen MR) is 85.6 cm³/mol. The van der Waals surface area contributed by atoms with E-state index in [1.807, 2.05) is 24.8 Å². The van der Waals surface area contributed by atoms with Crippen LogP contribution in [0.15, 0.2) is 12.1 Å². The topological polar surface area (TPSA) is 55.6 Å². The van der Waals surface area contributed by atoms with E-state index in [2.05, 4.69) is 13.0 Å². The first-order valence-electron chi connectivity index (χ1n) is 7.70. The van der Waals surface area contributed by atoms with Gasteiger partial charge >= 0.3 is 0 Å². The molecule has 0 radical (unpaired) electrons. The predicted octanol–water partition coefficient (Wildman–Crippen LogP) is 3.09. The summed E-state index contributed by atoms with van der Waals surface area (Å²) in [6, 6.07) is 4.10. The lowest BCUT2D eigenvalue weighted by atomic mass is 9.86. The summed E-state index contributed by atoms with van der Waals surface area (Å²) in [5.74, 6) is 1.43. The molecule has 1 aromatic rings. The van der Waals surface area contributed by atoms with Crippen molar-refractivity contribution in [3.8, 4) is 5.75 Å². The highest BCUT2D eigenvalue weighted by molar-refractivity contribution is 5.73. The van der Waals surface area contributed by atoms with Crippen molar-refractivity contribution in [1.82, 2.24) is 4.90 Å². The number of aryl methyl sites for hydroxylation is 1. The molecular weight excluding hydrogens is 264 g/mol. The molecule has 1 aromatic carbocycles. The third-order valence-corrected chi connectivity index (χ3v) is 4.14. The Morgan fingerprint density at radius 2 is 1.95 bits per heavy atom. The van der Waals surface area contributed by atoms with Crippen molar-refractivity contribution >= 4 is 11.6 Å². The number of likely N-dealkylation sites (tertiary alicyclic amines) is 1. The van der Waals surface area contributed by atoms with Gasteiger partial charge in [0.05, 0.1) is 11.8 Å². The Bertz CT molecular complexity index is 518. The smallest absolute Gasteiger partial charge is 0.219 e. The van der Waals surface area contributed by atoms with E-state index in [-0.39, 0.29) is 12.0 Å². The summed E-state index contributed by atoms with van der Waals surface area (Å²) in [6.45, 7) is 9.43. The molecule has 1 amide bonds. The van der Waals surface area contributed by atoms with Gasteiger partial charge in [0.2, 0.25) is 5.91 Å². The Morgan fingerprint density at radius 3 is 2.48 bits per heavy atom. The number of rotatable bonds is 3. The lowest BCUT2D eigenvalue weighted by Gasteiger charge is -2.32. The molecule has 0 unspecified atom stereocenters. The average Bonchev–Trinajstić information content (AvgIpc) is 2.41. The number of hydrogen-bond acceptors (Lipinski definition) is 3. The summed E-state index contributed by atoms with van der Waals surface area (Å²) >= 11 is 0. The summed E-state index contributed by atoms with van der Waals surface area (Å²) in [7, 11) is 0. The molecule has 4 nitrogen and oxygen atoms in total. The maximum Gasteiger partial charge on any atom is 0.219 e. The molecule has 1 saturated heterocycles. The monoisotopic (exact) mass is 290 g/mol. The molecule has 0 spiro atoms. The van der Waals surface area contributed by atoms with Gasteiger partial charge in [0, 0.05) is 20.0 Å². The Morgan fingerprint density at radius 1 is 1.33 bits per heavy atom. The van der Waals surface area contributed by atoms with Crippen LogP contribution in [0, 0.1) is 6.92 Å². The number of hydrogen-bond donors (Lipinski definition) is 1. The first kappa shape index (κ1) is 15.7. The second kappa shape index (κ2) is 6.37. The minimum Gasteiger partial charge on any atom is -0.489 e. The number of amides is 1. The van der Waals surface area contributed by atoms with Crippen LogP contribution in [0.1, 0.15) is 50.7 Å². The summed E-state index contributed by atoms with van der Waals surface area (Å²) in [5, 5.41) is 0. The second-order valence-electron chi connectivity index (χ2n) is 6.19. The van der Waals surface area contributed by atoms with Gasteiger partial charge in [-0.2, -0.15) is 0 Å². The molecule has 4 heteroatoms. The number of ether oxygens (including phenoxy) is 1. The highest BCUT2D eigenvalue weighted by Gasteiger charge is 2.24. The number of nitrogen functional groups attached to an aromatic ring is 1. The van der Waals surface area contributed by atoms with Crippen LogP contribution in [0.3, 0.4) is 0 Å². The number of anilines is 1. The zero-order valence-electron chi connectivity index (χ0n) is 13.5. The van der Waals surface area contributed by atoms with Gasteiger partial charge in [-0.05, 0) is 62.8 Å². The standard InChI is InChI=1S/C17H26N2O2/c1-11(2)21-17-10-15(12(3)9-16(17)18)14-5-7-19(8-6-14)13(4)20/h9-11,14H,5-8,18H2,1-4H3. The molecule has 0 aliphatic carbocycles. The summed E-state index contributed by atoms with van der Waals surface area (Å²) < 4.78 is 5.80. The van der Waals surface area contributed by atoms with Crippen LogP contribution in [0.2, 0.25) is 0 Å². The molecule has 21 heavy (non-hydrogen) atoms. The van der Waals surface area contributed by atoms with Crippen molar-refractivity contribution in [3.63, 3.8) is 0 Å². The maximum atomic E-state index is 11.4. The van der Waals surface area contributed by atoms with Crippen molar-refractivity contribution in [2.24, 2.45) is 0 Å².